The monoisotopic (exact) mass is 281 g/mol. The molecule has 0 aliphatic rings. The summed E-state index contributed by atoms with van der Waals surface area (Å²) in [5.41, 5.74) is 1.81. The molecule has 0 unspecified atom stereocenters. The second-order valence-corrected chi connectivity index (χ2v) is 4.48. The molecule has 0 atom stereocenters. The SMILES string of the molecule is COc1ccc(OCc2ccccc2C#N)c(C(C)=O)c1. The number of hydrogen-bond donors (Lipinski definition) is 0. The maximum Gasteiger partial charge on any atom is 0.163 e. The number of ether oxygens (including phenoxy) is 2. The van der Waals surface area contributed by atoms with Crippen LogP contribution in [0, 0.1) is 11.3 Å². The minimum Gasteiger partial charge on any atom is -0.497 e. The summed E-state index contributed by atoms with van der Waals surface area (Å²) in [6.07, 6.45) is 0. The minimum atomic E-state index is -0.0996. The number of Topliss-reactive ketones (excluding diaryl/α,β-unsaturated/α-hetero) is 1. The molecule has 2 rings (SSSR count). The Kier molecular flexibility index (Phi) is 4.57. The van der Waals surface area contributed by atoms with Gasteiger partial charge >= 0.3 is 0 Å². The molecular formula is C17H15NO3. The second kappa shape index (κ2) is 6.58. The van der Waals surface area contributed by atoms with Crippen LogP contribution in [0.4, 0.5) is 0 Å². The van der Waals surface area contributed by atoms with Crippen molar-refractivity contribution in [2.24, 2.45) is 0 Å². The maximum absolute atomic E-state index is 11.7. The van der Waals surface area contributed by atoms with Crippen molar-refractivity contribution in [3.8, 4) is 17.6 Å². The molecule has 2 aromatic carbocycles. The number of hydrogen-bond acceptors (Lipinski definition) is 4. The Balaban J connectivity index is 2.24. The Hall–Kier alpha value is -2.80. The first-order chi connectivity index (χ1) is 10.2. The van der Waals surface area contributed by atoms with Gasteiger partial charge in [0, 0.05) is 5.56 Å². The van der Waals surface area contributed by atoms with E-state index < -0.39 is 0 Å². The highest BCUT2D eigenvalue weighted by Crippen LogP contribution is 2.25. The van der Waals surface area contributed by atoms with E-state index in [0.717, 1.165) is 5.56 Å². The van der Waals surface area contributed by atoms with Gasteiger partial charge in [-0.1, -0.05) is 18.2 Å². The van der Waals surface area contributed by atoms with E-state index in [9.17, 15) is 4.79 Å². The topological polar surface area (TPSA) is 59.3 Å². The van der Waals surface area contributed by atoms with Gasteiger partial charge in [0.05, 0.1) is 24.3 Å². The number of carbonyl (C=O) groups excluding carboxylic acids is 1. The minimum absolute atomic E-state index is 0.0996. The van der Waals surface area contributed by atoms with Crippen LogP contribution in [0.2, 0.25) is 0 Å². The lowest BCUT2D eigenvalue weighted by atomic mass is 10.1. The van der Waals surface area contributed by atoms with Crippen LogP contribution in [0.5, 0.6) is 11.5 Å². The summed E-state index contributed by atoms with van der Waals surface area (Å²) in [6.45, 7) is 1.71. The lowest BCUT2D eigenvalue weighted by molar-refractivity contribution is 0.101. The predicted octanol–water partition coefficient (Wildman–Crippen LogP) is 3.35. The Morgan fingerprint density at radius 1 is 1.24 bits per heavy atom. The lowest BCUT2D eigenvalue weighted by Crippen LogP contribution is -2.03. The third kappa shape index (κ3) is 3.40. The summed E-state index contributed by atoms with van der Waals surface area (Å²) < 4.78 is 10.8. The van der Waals surface area contributed by atoms with E-state index in [1.165, 1.54) is 6.92 Å². The average Bonchev–Trinajstić information content (AvgIpc) is 2.52. The van der Waals surface area contributed by atoms with Gasteiger partial charge in [-0.2, -0.15) is 5.26 Å². The highest BCUT2D eigenvalue weighted by molar-refractivity contribution is 5.97. The van der Waals surface area contributed by atoms with Crippen LogP contribution < -0.4 is 9.47 Å². The fourth-order valence-electron chi connectivity index (χ4n) is 1.95. The van der Waals surface area contributed by atoms with Crippen molar-refractivity contribution in [2.45, 2.75) is 13.5 Å². The van der Waals surface area contributed by atoms with E-state index in [2.05, 4.69) is 6.07 Å². The molecule has 0 amide bonds. The van der Waals surface area contributed by atoms with Crippen LogP contribution in [0.3, 0.4) is 0 Å². The molecule has 0 bridgehead atoms. The summed E-state index contributed by atoms with van der Waals surface area (Å²) in [5, 5.41) is 9.05. The second-order valence-electron chi connectivity index (χ2n) is 4.48. The summed E-state index contributed by atoms with van der Waals surface area (Å²) in [7, 11) is 1.54. The van der Waals surface area contributed by atoms with Gasteiger partial charge in [0.1, 0.15) is 18.1 Å². The lowest BCUT2D eigenvalue weighted by Gasteiger charge is -2.12. The van der Waals surface area contributed by atoms with E-state index >= 15 is 0 Å². The molecule has 0 aromatic heterocycles. The van der Waals surface area contributed by atoms with Crippen molar-refractivity contribution in [3.05, 3.63) is 59.2 Å². The average molecular weight is 281 g/mol. The van der Waals surface area contributed by atoms with Crippen molar-refractivity contribution < 1.29 is 14.3 Å². The number of benzene rings is 2. The number of ketones is 1. The summed E-state index contributed by atoms with van der Waals surface area (Å²) >= 11 is 0. The molecule has 2 aromatic rings. The molecule has 4 nitrogen and oxygen atoms in total. The first kappa shape index (κ1) is 14.6. The molecular weight excluding hydrogens is 266 g/mol. The van der Waals surface area contributed by atoms with Gasteiger partial charge in [-0.25, -0.2) is 0 Å². The van der Waals surface area contributed by atoms with Crippen LogP contribution in [-0.4, -0.2) is 12.9 Å². The number of nitriles is 1. The fourth-order valence-corrected chi connectivity index (χ4v) is 1.95. The standard InChI is InChI=1S/C17H15NO3/c1-12(19)16-9-15(20-2)7-8-17(16)21-11-14-6-4-3-5-13(14)10-18/h3-9H,11H2,1-2H3. The molecule has 0 fully saturated rings. The number of methoxy groups -OCH3 is 1. The summed E-state index contributed by atoms with van der Waals surface area (Å²) in [4.78, 5) is 11.7. The molecule has 0 heterocycles. The van der Waals surface area contributed by atoms with Crippen molar-refractivity contribution in [2.75, 3.05) is 7.11 Å². The van der Waals surface area contributed by atoms with E-state index in [1.54, 1.807) is 37.4 Å². The molecule has 0 radical (unpaired) electrons. The molecule has 4 heteroatoms. The normalized spacial score (nSPS) is 9.76. The molecule has 106 valence electrons. The molecule has 0 saturated heterocycles. The molecule has 0 aliphatic carbocycles. The molecule has 0 aliphatic heterocycles. The molecule has 0 spiro atoms. The fraction of sp³-hybridized carbons (Fsp3) is 0.176. The zero-order valence-electron chi connectivity index (χ0n) is 11.9. The van der Waals surface area contributed by atoms with Gasteiger partial charge in [0.2, 0.25) is 0 Å². The highest BCUT2D eigenvalue weighted by atomic mass is 16.5. The zero-order chi connectivity index (χ0) is 15.2. The van der Waals surface area contributed by atoms with E-state index in [-0.39, 0.29) is 12.4 Å². The Bertz CT molecular complexity index is 701. The number of carbonyl (C=O) groups is 1. The highest BCUT2D eigenvalue weighted by Gasteiger charge is 2.11. The number of rotatable bonds is 5. The van der Waals surface area contributed by atoms with E-state index in [0.29, 0.717) is 22.6 Å². The van der Waals surface area contributed by atoms with Gasteiger partial charge in [-0.3, -0.25) is 4.79 Å². The van der Waals surface area contributed by atoms with Gasteiger partial charge < -0.3 is 9.47 Å². The third-order valence-corrected chi connectivity index (χ3v) is 3.09. The number of nitrogens with zero attached hydrogens (tertiary/aromatic N) is 1. The Morgan fingerprint density at radius 3 is 2.67 bits per heavy atom. The largest absolute Gasteiger partial charge is 0.497 e. The van der Waals surface area contributed by atoms with Crippen LogP contribution in [0.25, 0.3) is 0 Å². The quantitative estimate of drug-likeness (QED) is 0.788. The van der Waals surface area contributed by atoms with Crippen molar-refractivity contribution >= 4 is 5.78 Å². The van der Waals surface area contributed by atoms with Crippen molar-refractivity contribution in [1.82, 2.24) is 0 Å². The van der Waals surface area contributed by atoms with Crippen LogP contribution in [-0.2, 0) is 6.61 Å². The van der Waals surface area contributed by atoms with Crippen molar-refractivity contribution in [1.29, 1.82) is 5.26 Å². The van der Waals surface area contributed by atoms with Crippen LogP contribution in [0.15, 0.2) is 42.5 Å². The van der Waals surface area contributed by atoms with Crippen LogP contribution in [0.1, 0.15) is 28.4 Å². The molecule has 0 saturated carbocycles. The summed E-state index contributed by atoms with van der Waals surface area (Å²) in [5.74, 6) is 0.985. The molecule has 0 N–H and O–H groups in total. The van der Waals surface area contributed by atoms with Gasteiger partial charge in [0.25, 0.3) is 0 Å². The molecule has 21 heavy (non-hydrogen) atoms. The Labute approximate surface area is 123 Å². The van der Waals surface area contributed by atoms with E-state index in [1.807, 2.05) is 12.1 Å². The van der Waals surface area contributed by atoms with E-state index in [4.69, 9.17) is 14.7 Å². The van der Waals surface area contributed by atoms with Crippen LogP contribution >= 0.6 is 0 Å². The zero-order valence-corrected chi connectivity index (χ0v) is 11.9. The van der Waals surface area contributed by atoms with Gasteiger partial charge in [0.15, 0.2) is 5.78 Å². The predicted molar refractivity (Wildman–Crippen MR) is 78.5 cm³/mol. The first-order valence-electron chi connectivity index (χ1n) is 6.45. The van der Waals surface area contributed by atoms with Crippen molar-refractivity contribution in [3.63, 3.8) is 0 Å². The maximum atomic E-state index is 11.7. The first-order valence-corrected chi connectivity index (χ1v) is 6.45. The Morgan fingerprint density at radius 2 is 2.00 bits per heavy atom. The smallest absolute Gasteiger partial charge is 0.163 e. The van der Waals surface area contributed by atoms with Gasteiger partial charge in [-0.05, 0) is 31.2 Å². The summed E-state index contributed by atoms with van der Waals surface area (Å²) in [6, 6.07) is 14.4. The van der Waals surface area contributed by atoms with Gasteiger partial charge in [-0.15, -0.1) is 0 Å². The third-order valence-electron chi connectivity index (χ3n) is 3.09.